The van der Waals surface area contributed by atoms with Gasteiger partial charge in [0, 0.05) is 6.08 Å². The number of carbonyl (C=O) groups is 1. The number of ketones is 1. The Morgan fingerprint density at radius 1 is 1.04 bits per heavy atom. The predicted molar refractivity (Wildman–Crippen MR) is 106 cm³/mol. The van der Waals surface area contributed by atoms with E-state index in [2.05, 4.69) is 0 Å². The van der Waals surface area contributed by atoms with Gasteiger partial charge >= 0.3 is 0 Å². The van der Waals surface area contributed by atoms with E-state index in [1.165, 1.54) is 25.3 Å². The van der Waals surface area contributed by atoms with Gasteiger partial charge in [0.25, 0.3) is 0 Å². The van der Waals surface area contributed by atoms with Crippen LogP contribution in [0.5, 0.6) is 17.2 Å². The van der Waals surface area contributed by atoms with Crippen LogP contribution >= 0.6 is 0 Å². The van der Waals surface area contributed by atoms with Crippen LogP contribution in [0.1, 0.15) is 18.1 Å². The summed E-state index contributed by atoms with van der Waals surface area (Å²) in [5.74, 6) is 0.617. The minimum absolute atomic E-state index is 0.0315. The number of hydrogen-bond acceptors (Lipinski definition) is 5. The van der Waals surface area contributed by atoms with Crippen LogP contribution in [0, 0.1) is 0 Å². The molecular weight excluding hydrogens is 344 g/mol. The van der Waals surface area contributed by atoms with Gasteiger partial charge in [-0.1, -0.05) is 30.4 Å². The van der Waals surface area contributed by atoms with E-state index in [0.29, 0.717) is 17.9 Å². The van der Waals surface area contributed by atoms with Gasteiger partial charge in [-0.15, -0.1) is 0 Å². The minimum atomic E-state index is -0.339. The molecule has 5 heteroatoms. The molecule has 2 aromatic carbocycles. The first-order valence-corrected chi connectivity index (χ1v) is 8.42. The summed E-state index contributed by atoms with van der Waals surface area (Å²) >= 11 is 0. The number of phenolic OH excluding ortho intramolecular Hbond substituents is 1. The molecule has 0 atom stereocenters. The molecule has 0 aliphatic rings. The summed E-state index contributed by atoms with van der Waals surface area (Å²) < 4.78 is 10.4. The van der Waals surface area contributed by atoms with Crippen molar-refractivity contribution < 1.29 is 24.5 Å². The van der Waals surface area contributed by atoms with Crippen molar-refractivity contribution >= 4 is 17.9 Å². The second-order valence-corrected chi connectivity index (χ2v) is 5.57. The standard InChI is InChI=1S/C22H22O5/c1-3-27-20-11-6-16(7-12-20)4-9-18(23)15-19(24)10-5-17-8-13-21(25)22(14-17)26-2/h4-15,24-25H,3H2,1-2H3/b9-4+,10-5+,19-15?. The molecule has 0 aliphatic carbocycles. The molecule has 2 aromatic rings. The zero-order chi connectivity index (χ0) is 19.6. The molecule has 0 aliphatic heterocycles. The van der Waals surface area contributed by atoms with Crippen molar-refractivity contribution in [2.75, 3.05) is 13.7 Å². The van der Waals surface area contributed by atoms with Crippen LogP contribution < -0.4 is 9.47 Å². The SMILES string of the molecule is CCOc1ccc(/C=C/C(=O)C=C(O)/C=C/c2ccc(O)c(OC)c2)cc1. The van der Waals surface area contributed by atoms with Crippen molar-refractivity contribution in [3.8, 4) is 17.2 Å². The van der Waals surface area contributed by atoms with Crippen molar-refractivity contribution in [2.45, 2.75) is 6.92 Å². The van der Waals surface area contributed by atoms with Crippen molar-refractivity contribution in [1.29, 1.82) is 0 Å². The molecule has 140 valence electrons. The zero-order valence-corrected chi connectivity index (χ0v) is 15.3. The fourth-order valence-corrected chi connectivity index (χ4v) is 2.24. The molecule has 2 N–H and O–H groups in total. The van der Waals surface area contributed by atoms with Crippen LogP contribution in [0.2, 0.25) is 0 Å². The quantitative estimate of drug-likeness (QED) is 0.408. The van der Waals surface area contributed by atoms with E-state index in [1.54, 1.807) is 24.3 Å². The number of ether oxygens (including phenoxy) is 2. The molecule has 27 heavy (non-hydrogen) atoms. The van der Waals surface area contributed by atoms with E-state index in [9.17, 15) is 15.0 Å². The number of rotatable bonds is 8. The second kappa shape index (κ2) is 9.87. The maximum absolute atomic E-state index is 11.9. The molecule has 0 bridgehead atoms. The van der Waals surface area contributed by atoms with Crippen molar-refractivity contribution in [1.82, 2.24) is 0 Å². The van der Waals surface area contributed by atoms with Gasteiger partial charge in [0.1, 0.15) is 11.5 Å². The van der Waals surface area contributed by atoms with Gasteiger partial charge in [-0.25, -0.2) is 0 Å². The van der Waals surface area contributed by atoms with Crippen LogP contribution in [0.4, 0.5) is 0 Å². The van der Waals surface area contributed by atoms with E-state index in [0.717, 1.165) is 17.4 Å². The number of aliphatic hydroxyl groups is 1. The number of hydrogen-bond donors (Lipinski definition) is 2. The van der Waals surface area contributed by atoms with Gasteiger partial charge in [-0.2, -0.15) is 0 Å². The molecule has 2 rings (SSSR count). The number of benzene rings is 2. The fourth-order valence-electron chi connectivity index (χ4n) is 2.24. The highest BCUT2D eigenvalue weighted by Crippen LogP contribution is 2.26. The topological polar surface area (TPSA) is 76.0 Å². The minimum Gasteiger partial charge on any atom is -0.508 e. The molecule has 0 radical (unpaired) electrons. The summed E-state index contributed by atoms with van der Waals surface area (Å²) in [5.41, 5.74) is 1.56. The first kappa shape index (κ1) is 19.8. The molecular formula is C22H22O5. The number of methoxy groups -OCH3 is 1. The lowest BCUT2D eigenvalue weighted by Gasteiger charge is -2.03. The maximum Gasteiger partial charge on any atom is 0.182 e. The highest BCUT2D eigenvalue weighted by atomic mass is 16.5. The van der Waals surface area contributed by atoms with Crippen LogP contribution in [0.15, 0.2) is 66.5 Å². The third kappa shape index (κ3) is 6.40. The van der Waals surface area contributed by atoms with Crippen molar-refractivity contribution in [3.05, 3.63) is 77.6 Å². The van der Waals surface area contributed by atoms with Crippen LogP contribution in [-0.4, -0.2) is 29.7 Å². The fraction of sp³-hybridized carbons (Fsp3) is 0.136. The first-order chi connectivity index (χ1) is 13.0. The van der Waals surface area contributed by atoms with Gasteiger partial charge in [0.05, 0.1) is 13.7 Å². The number of carbonyl (C=O) groups excluding carboxylic acids is 1. The average Bonchev–Trinajstić information content (AvgIpc) is 2.67. The Morgan fingerprint density at radius 3 is 2.37 bits per heavy atom. The second-order valence-electron chi connectivity index (χ2n) is 5.57. The largest absolute Gasteiger partial charge is 0.508 e. The lowest BCUT2D eigenvalue weighted by atomic mass is 10.1. The molecule has 0 amide bonds. The Kier molecular flexibility index (Phi) is 7.26. The summed E-state index contributed by atoms with van der Waals surface area (Å²) in [7, 11) is 1.45. The number of allylic oxidation sites excluding steroid dienone is 3. The summed E-state index contributed by atoms with van der Waals surface area (Å²) in [5, 5.41) is 19.4. The van der Waals surface area contributed by atoms with Crippen LogP contribution in [-0.2, 0) is 4.79 Å². The van der Waals surface area contributed by atoms with E-state index in [4.69, 9.17) is 9.47 Å². The third-order valence-electron chi connectivity index (χ3n) is 3.57. The molecule has 0 fully saturated rings. The Balaban J connectivity index is 1.99. The van der Waals surface area contributed by atoms with Crippen LogP contribution in [0.25, 0.3) is 12.2 Å². The van der Waals surface area contributed by atoms with Crippen LogP contribution in [0.3, 0.4) is 0 Å². The molecule has 0 saturated heterocycles. The third-order valence-corrected chi connectivity index (χ3v) is 3.57. The molecule has 0 aromatic heterocycles. The lowest BCUT2D eigenvalue weighted by molar-refractivity contribution is -0.110. The molecule has 5 nitrogen and oxygen atoms in total. The monoisotopic (exact) mass is 366 g/mol. The van der Waals surface area contributed by atoms with E-state index in [1.807, 2.05) is 31.2 Å². The smallest absolute Gasteiger partial charge is 0.182 e. The van der Waals surface area contributed by atoms with Gasteiger partial charge in [-0.05, 0) is 54.5 Å². The molecule has 0 saturated carbocycles. The van der Waals surface area contributed by atoms with Gasteiger partial charge in [-0.3, -0.25) is 4.79 Å². The molecule has 0 spiro atoms. The number of aromatic hydroxyl groups is 1. The Morgan fingerprint density at radius 2 is 1.70 bits per heavy atom. The normalized spacial score (nSPS) is 11.9. The highest BCUT2D eigenvalue weighted by molar-refractivity contribution is 6.02. The van der Waals surface area contributed by atoms with E-state index < -0.39 is 0 Å². The number of aliphatic hydroxyl groups excluding tert-OH is 1. The predicted octanol–water partition coefficient (Wildman–Crippen LogP) is 4.54. The first-order valence-electron chi connectivity index (χ1n) is 8.42. The average molecular weight is 366 g/mol. The van der Waals surface area contributed by atoms with Crippen molar-refractivity contribution in [3.63, 3.8) is 0 Å². The zero-order valence-electron chi connectivity index (χ0n) is 15.3. The summed E-state index contributed by atoms with van der Waals surface area (Å²) in [4.78, 5) is 11.9. The van der Waals surface area contributed by atoms with E-state index in [-0.39, 0.29) is 17.3 Å². The summed E-state index contributed by atoms with van der Waals surface area (Å²) in [6, 6.07) is 12.1. The van der Waals surface area contributed by atoms with Gasteiger partial charge in [0.15, 0.2) is 17.3 Å². The maximum atomic E-state index is 11.9. The molecule has 0 heterocycles. The highest BCUT2D eigenvalue weighted by Gasteiger charge is 2.01. The number of phenols is 1. The molecule has 0 unspecified atom stereocenters. The van der Waals surface area contributed by atoms with E-state index >= 15 is 0 Å². The Bertz CT molecular complexity index is 861. The Labute approximate surface area is 158 Å². The van der Waals surface area contributed by atoms with Crippen molar-refractivity contribution in [2.24, 2.45) is 0 Å². The summed E-state index contributed by atoms with van der Waals surface area (Å²) in [6.45, 7) is 2.51. The van der Waals surface area contributed by atoms with Gasteiger partial charge in [0.2, 0.25) is 0 Å². The van der Waals surface area contributed by atoms with Gasteiger partial charge < -0.3 is 19.7 Å². The Hall–Kier alpha value is -3.47. The lowest BCUT2D eigenvalue weighted by Crippen LogP contribution is -1.91. The summed E-state index contributed by atoms with van der Waals surface area (Å²) in [6.07, 6.45) is 7.17.